The highest BCUT2D eigenvalue weighted by molar-refractivity contribution is 7.14. The van der Waals surface area contributed by atoms with Crippen LogP contribution in [0.4, 0.5) is 0 Å². The summed E-state index contributed by atoms with van der Waals surface area (Å²) >= 11 is 1.27. The van der Waals surface area contributed by atoms with Gasteiger partial charge in [0.1, 0.15) is 4.88 Å². The van der Waals surface area contributed by atoms with Crippen LogP contribution in [0.25, 0.3) is 0 Å². The highest BCUT2D eigenvalue weighted by Gasteiger charge is 2.10. The fourth-order valence-electron chi connectivity index (χ4n) is 1.31. The number of hydrogen-bond donors (Lipinski definition) is 1. The van der Waals surface area contributed by atoms with Crippen LogP contribution in [0.5, 0.6) is 0 Å². The molecule has 0 unspecified atom stereocenters. The standard InChI is InChI=1S/C12H18O5S/c1-9-10(7-11(18-9)12(13)14)8-17-6-5-16-4-3-15-2/h7H,3-6,8H2,1-2H3,(H,13,14). The van der Waals surface area contributed by atoms with Crippen LogP contribution in [-0.2, 0) is 20.8 Å². The van der Waals surface area contributed by atoms with E-state index in [0.717, 1.165) is 10.4 Å². The Balaban J connectivity index is 2.21. The molecule has 0 aromatic carbocycles. The normalized spacial score (nSPS) is 10.8. The van der Waals surface area contributed by atoms with Crippen LogP contribution >= 0.6 is 11.3 Å². The van der Waals surface area contributed by atoms with Crippen LogP contribution in [0, 0.1) is 6.92 Å². The Morgan fingerprint density at radius 2 is 1.94 bits per heavy atom. The topological polar surface area (TPSA) is 65.0 Å². The number of carbonyl (C=O) groups is 1. The second-order valence-electron chi connectivity index (χ2n) is 3.65. The number of thiophene rings is 1. The third-order valence-corrected chi connectivity index (χ3v) is 3.37. The molecular formula is C12H18O5S. The monoisotopic (exact) mass is 274 g/mol. The van der Waals surface area contributed by atoms with E-state index in [9.17, 15) is 4.79 Å². The molecule has 1 rings (SSSR count). The molecule has 0 aliphatic heterocycles. The van der Waals surface area contributed by atoms with Gasteiger partial charge in [0.25, 0.3) is 0 Å². The second-order valence-corrected chi connectivity index (χ2v) is 4.91. The average Bonchev–Trinajstić information content (AvgIpc) is 2.70. The van der Waals surface area contributed by atoms with E-state index in [0.29, 0.717) is 37.9 Å². The number of carboxylic acids is 1. The van der Waals surface area contributed by atoms with Gasteiger partial charge in [-0.1, -0.05) is 0 Å². The van der Waals surface area contributed by atoms with Crippen molar-refractivity contribution >= 4 is 17.3 Å². The van der Waals surface area contributed by atoms with Crippen LogP contribution < -0.4 is 0 Å². The third-order valence-electron chi connectivity index (χ3n) is 2.29. The predicted octanol–water partition coefficient (Wildman–Crippen LogP) is 1.93. The van der Waals surface area contributed by atoms with Crippen molar-refractivity contribution in [2.45, 2.75) is 13.5 Å². The molecule has 18 heavy (non-hydrogen) atoms. The number of aryl methyl sites for hydroxylation is 1. The zero-order valence-corrected chi connectivity index (χ0v) is 11.4. The number of rotatable bonds is 9. The molecule has 0 amide bonds. The van der Waals surface area contributed by atoms with E-state index in [1.807, 2.05) is 6.92 Å². The molecule has 0 saturated carbocycles. The smallest absolute Gasteiger partial charge is 0.345 e. The summed E-state index contributed by atoms with van der Waals surface area (Å²) in [7, 11) is 1.62. The summed E-state index contributed by atoms with van der Waals surface area (Å²) in [5.74, 6) is -0.891. The molecule has 0 spiro atoms. The zero-order chi connectivity index (χ0) is 13.4. The largest absolute Gasteiger partial charge is 0.477 e. The number of carboxylic acid groups (broad SMARTS) is 1. The Morgan fingerprint density at radius 1 is 1.28 bits per heavy atom. The molecular weight excluding hydrogens is 256 g/mol. The number of ether oxygens (including phenoxy) is 3. The van der Waals surface area contributed by atoms with Gasteiger partial charge in [0.15, 0.2) is 0 Å². The van der Waals surface area contributed by atoms with Crippen LogP contribution in [0.3, 0.4) is 0 Å². The molecule has 0 atom stereocenters. The van der Waals surface area contributed by atoms with Gasteiger partial charge in [-0.2, -0.15) is 0 Å². The van der Waals surface area contributed by atoms with Gasteiger partial charge >= 0.3 is 5.97 Å². The second kappa shape index (κ2) is 8.20. The van der Waals surface area contributed by atoms with Gasteiger partial charge in [-0.3, -0.25) is 0 Å². The Kier molecular flexibility index (Phi) is 6.89. The summed E-state index contributed by atoms with van der Waals surface area (Å²) < 4.78 is 15.5. The minimum atomic E-state index is -0.891. The molecule has 0 radical (unpaired) electrons. The van der Waals surface area contributed by atoms with Gasteiger partial charge in [0.2, 0.25) is 0 Å². The first kappa shape index (κ1) is 15.1. The molecule has 1 aromatic heterocycles. The van der Waals surface area contributed by atoms with Gasteiger partial charge in [-0.25, -0.2) is 4.79 Å². The number of hydrogen-bond acceptors (Lipinski definition) is 5. The van der Waals surface area contributed by atoms with E-state index >= 15 is 0 Å². The lowest BCUT2D eigenvalue weighted by Gasteiger charge is -2.05. The van der Waals surface area contributed by atoms with E-state index in [4.69, 9.17) is 19.3 Å². The number of methoxy groups -OCH3 is 1. The van der Waals surface area contributed by atoms with E-state index in [-0.39, 0.29) is 0 Å². The van der Waals surface area contributed by atoms with Crippen LogP contribution in [0.1, 0.15) is 20.1 Å². The lowest BCUT2D eigenvalue weighted by Crippen LogP contribution is -2.08. The lowest BCUT2D eigenvalue weighted by molar-refractivity contribution is 0.0199. The molecule has 0 aliphatic rings. The molecule has 1 aromatic rings. The zero-order valence-electron chi connectivity index (χ0n) is 10.6. The van der Waals surface area contributed by atoms with Crippen molar-refractivity contribution in [3.63, 3.8) is 0 Å². The summed E-state index contributed by atoms with van der Waals surface area (Å²) in [6, 6.07) is 1.66. The quantitative estimate of drug-likeness (QED) is 0.697. The minimum absolute atomic E-state index is 0.349. The van der Waals surface area contributed by atoms with Crippen molar-refractivity contribution in [1.29, 1.82) is 0 Å². The molecule has 0 aliphatic carbocycles. The Hall–Kier alpha value is -0.950. The maximum absolute atomic E-state index is 10.8. The van der Waals surface area contributed by atoms with Crippen molar-refractivity contribution in [1.82, 2.24) is 0 Å². The summed E-state index contributed by atoms with van der Waals surface area (Å²) in [5, 5.41) is 8.85. The van der Waals surface area contributed by atoms with Gasteiger partial charge in [-0.15, -0.1) is 11.3 Å². The maximum Gasteiger partial charge on any atom is 0.345 e. The number of aromatic carboxylic acids is 1. The van der Waals surface area contributed by atoms with Crippen LogP contribution in [0.2, 0.25) is 0 Å². The van der Waals surface area contributed by atoms with Crippen molar-refractivity contribution in [2.24, 2.45) is 0 Å². The van der Waals surface area contributed by atoms with Crippen molar-refractivity contribution in [3.8, 4) is 0 Å². The summed E-state index contributed by atoms with van der Waals surface area (Å²) in [6.07, 6.45) is 0. The third kappa shape index (κ3) is 5.14. The van der Waals surface area contributed by atoms with Crippen LogP contribution in [0.15, 0.2) is 6.07 Å². The molecule has 0 bridgehead atoms. The maximum atomic E-state index is 10.8. The minimum Gasteiger partial charge on any atom is -0.477 e. The van der Waals surface area contributed by atoms with E-state index < -0.39 is 5.97 Å². The fourth-order valence-corrected chi connectivity index (χ4v) is 2.18. The first-order valence-corrected chi connectivity index (χ1v) is 6.44. The molecule has 0 fully saturated rings. The van der Waals surface area contributed by atoms with E-state index in [1.54, 1.807) is 13.2 Å². The summed E-state index contributed by atoms with van der Waals surface area (Å²) in [4.78, 5) is 12.1. The van der Waals surface area contributed by atoms with Crippen molar-refractivity contribution < 1.29 is 24.1 Å². The van der Waals surface area contributed by atoms with E-state index in [2.05, 4.69) is 0 Å². The average molecular weight is 274 g/mol. The first-order chi connectivity index (χ1) is 8.65. The van der Waals surface area contributed by atoms with E-state index in [1.165, 1.54) is 11.3 Å². The van der Waals surface area contributed by atoms with Gasteiger partial charge < -0.3 is 19.3 Å². The lowest BCUT2D eigenvalue weighted by atomic mass is 10.2. The molecule has 6 heteroatoms. The van der Waals surface area contributed by atoms with Gasteiger partial charge in [0, 0.05) is 12.0 Å². The highest BCUT2D eigenvalue weighted by Crippen LogP contribution is 2.22. The molecule has 0 saturated heterocycles. The van der Waals surface area contributed by atoms with Crippen molar-refractivity contribution in [2.75, 3.05) is 33.5 Å². The highest BCUT2D eigenvalue weighted by atomic mass is 32.1. The molecule has 1 N–H and O–H groups in total. The Labute approximate surface area is 110 Å². The predicted molar refractivity (Wildman–Crippen MR) is 68.4 cm³/mol. The summed E-state index contributed by atoms with van der Waals surface area (Å²) in [6.45, 7) is 4.44. The Bertz CT molecular complexity index is 375. The molecule has 102 valence electrons. The molecule has 5 nitrogen and oxygen atoms in total. The summed E-state index contributed by atoms with van der Waals surface area (Å²) in [5.41, 5.74) is 0.925. The van der Waals surface area contributed by atoms with Gasteiger partial charge in [-0.05, 0) is 18.6 Å². The van der Waals surface area contributed by atoms with Crippen LogP contribution in [-0.4, -0.2) is 44.6 Å². The SMILES string of the molecule is COCCOCCOCc1cc(C(=O)O)sc1C. The first-order valence-electron chi connectivity index (χ1n) is 5.62. The Morgan fingerprint density at radius 3 is 2.56 bits per heavy atom. The molecule has 1 heterocycles. The van der Waals surface area contributed by atoms with Gasteiger partial charge in [0.05, 0.1) is 33.0 Å². The van der Waals surface area contributed by atoms with Crippen molar-refractivity contribution in [3.05, 3.63) is 21.4 Å². The fraction of sp³-hybridized carbons (Fsp3) is 0.583.